The van der Waals surface area contributed by atoms with E-state index in [0.717, 1.165) is 25.9 Å². The summed E-state index contributed by atoms with van der Waals surface area (Å²) in [6.07, 6.45) is 3.26. The van der Waals surface area contributed by atoms with Gasteiger partial charge in [-0.1, -0.05) is 5.16 Å². The minimum absolute atomic E-state index is 0.00710. The number of hydrogen-bond acceptors (Lipinski definition) is 5. The monoisotopic (exact) mass is 226 g/mol. The summed E-state index contributed by atoms with van der Waals surface area (Å²) >= 11 is 0. The Balaban J connectivity index is 1.93. The van der Waals surface area contributed by atoms with Crippen LogP contribution in [0.1, 0.15) is 43.5 Å². The van der Waals surface area contributed by atoms with Crippen molar-refractivity contribution in [2.45, 2.75) is 38.2 Å². The van der Waals surface area contributed by atoms with E-state index in [9.17, 15) is 4.79 Å². The van der Waals surface area contributed by atoms with Crippen molar-refractivity contribution in [1.29, 1.82) is 0 Å². The third-order valence-electron chi connectivity index (χ3n) is 2.50. The Bertz CT molecular complexity index is 357. The molecule has 1 aliphatic rings. The Morgan fingerprint density at radius 1 is 1.50 bits per heavy atom. The van der Waals surface area contributed by atoms with Crippen LogP contribution in [0.25, 0.3) is 0 Å². The summed E-state index contributed by atoms with van der Waals surface area (Å²) in [5.41, 5.74) is 0. The van der Waals surface area contributed by atoms with E-state index >= 15 is 0 Å². The van der Waals surface area contributed by atoms with Crippen LogP contribution >= 0.6 is 0 Å². The molecule has 1 saturated heterocycles. The Labute approximate surface area is 92.6 Å². The van der Waals surface area contributed by atoms with E-state index in [1.165, 1.54) is 0 Å². The van der Waals surface area contributed by atoms with Crippen LogP contribution in [0, 0.1) is 0 Å². The van der Waals surface area contributed by atoms with E-state index in [2.05, 4.69) is 10.1 Å². The molecule has 6 nitrogen and oxygen atoms in total. The maximum atomic E-state index is 10.4. The first kappa shape index (κ1) is 11.1. The van der Waals surface area contributed by atoms with E-state index in [4.69, 9.17) is 14.4 Å². The van der Waals surface area contributed by atoms with Crippen molar-refractivity contribution in [2.24, 2.45) is 0 Å². The van der Waals surface area contributed by atoms with Crippen LogP contribution in [0.15, 0.2) is 4.52 Å². The number of carbonyl (C=O) groups is 1. The first-order valence-electron chi connectivity index (χ1n) is 5.41. The molecule has 6 heteroatoms. The van der Waals surface area contributed by atoms with Gasteiger partial charge in [0.05, 0.1) is 6.42 Å². The number of hydrogen-bond donors (Lipinski definition) is 1. The average Bonchev–Trinajstić information content (AvgIpc) is 2.76. The highest BCUT2D eigenvalue weighted by atomic mass is 16.5. The van der Waals surface area contributed by atoms with Crippen LogP contribution in [-0.4, -0.2) is 27.8 Å². The molecule has 0 saturated carbocycles. The second-order valence-corrected chi connectivity index (χ2v) is 3.80. The largest absolute Gasteiger partial charge is 0.481 e. The van der Waals surface area contributed by atoms with Gasteiger partial charge >= 0.3 is 5.97 Å². The predicted molar refractivity (Wildman–Crippen MR) is 52.8 cm³/mol. The predicted octanol–water partition coefficient (Wildman–Crippen LogP) is 1.33. The molecule has 88 valence electrons. The molecule has 1 unspecified atom stereocenters. The molecule has 0 radical (unpaired) electrons. The van der Waals surface area contributed by atoms with Gasteiger partial charge in [0.15, 0.2) is 0 Å². The van der Waals surface area contributed by atoms with Crippen LogP contribution in [0.4, 0.5) is 0 Å². The average molecular weight is 226 g/mol. The van der Waals surface area contributed by atoms with Gasteiger partial charge in [0.1, 0.15) is 6.10 Å². The van der Waals surface area contributed by atoms with Gasteiger partial charge in [-0.15, -0.1) is 0 Å². The molecule has 0 aliphatic carbocycles. The molecule has 0 bridgehead atoms. The Hall–Kier alpha value is -1.43. The van der Waals surface area contributed by atoms with Crippen LogP contribution in [0.5, 0.6) is 0 Å². The first-order valence-corrected chi connectivity index (χ1v) is 5.41. The summed E-state index contributed by atoms with van der Waals surface area (Å²) < 4.78 is 10.5. The summed E-state index contributed by atoms with van der Waals surface area (Å²) in [5, 5.41) is 12.3. The maximum absolute atomic E-state index is 10.4. The summed E-state index contributed by atoms with van der Waals surface area (Å²) in [6, 6.07) is 0. The van der Waals surface area contributed by atoms with Gasteiger partial charge in [0, 0.05) is 13.0 Å². The highest BCUT2D eigenvalue weighted by Crippen LogP contribution is 2.25. The van der Waals surface area contributed by atoms with Gasteiger partial charge in [-0.3, -0.25) is 4.79 Å². The number of nitrogens with zero attached hydrogens (tertiary/aromatic N) is 2. The van der Waals surface area contributed by atoms with E-state index in [1.807, 2.05) is 0 Å². The zero-order valence-electron chi connectivity index (χ0n) is 8.89. The zero-order chi connectivity index (χ0) is 11.4. The molecule has 1 aromatic rings. The Morgan fingerprint density at radius 3 is 3.06 bits per heavy atom. The normalized spacial score (nSPS) is 20.9. The molecule has 16 heavy (non-hydrogen) atoms. The van der Waals surface area contributed by atoms with Crippen molar-refractivity contribution in [3.8, 4) is 0 Å². The summed E-state index contributed by atoms with van der Waals surface area (Å²) in [7, 11) is 0. The van der Waals surface area contributed by atoms with Crippen molar-refractivity contribution in [3.63, 3.8) is 0 Å². The van der Waals surface area contributed by atoms with Crippen molar-refractivity contribution in [3.05, 3.63) is 11.7 Å². The fraction of sp³-hybridized carbons (Fsp3) is 0.700. The lowest BCUT2D eigenvalue weighted by Crippen LogP contribution is -2.12. The molecular formula is C10H14N2O4. The summed E-state index contributed by atoms with van der Waals surface area (Å²) in [4.78, 5) is 14.5. The molecule has 0 amide bonds. The molecule has 1 fully saturated rings. The van der Waals surface area contributed by atoms with Crippen LogP contribution in [-0.2, 0) is 16.0 Å². The van der Waals surface area contributed by atoms with Crippen LogP contribution in [0.2, 0.25) is 0 Å². The second-order valence-electron chi connectivity index (χ2n) is 3.80. The van der Waals surface area contributed by atoms with Gasteiger partial charge in [0.2, 0.25) is 11.7 Å². The number of carboxylic acid groups (broad SMARTS) is 1. The minimum atomic E-state index is -0.867. The number of ether oxygens (including phenoxy) is 1. The Morgan fingerprint density at radius 2 is 2.38 bits per heavy atom. The fourth-order valence-electron chi connectivity index (χ4n) is 1.66. The number of aromatic nitrogens is 2. The lowest BCUT2D eigenvalue weighted by molar-refractivity contribution is -0.137. The number of rotatable bonds is 4. The highest BCUT2D eigenvalue weighted by Gasteiger charge is 2.21. The highest BCUT2D eigenvalue weighted by molar-refractivity contribution is 5.66. The quantitative estimate of drug-likeness (QED) is 0.833. The molecule has 1 aliphatic heterocycles. The third-order valence-corrected chi connectivity index (χ3v) is 2.50. The molecule has 1 aromatic heterocycles. The maximum Gasteiger partial charge on any atom is 0.303 e. The molecule has 0 spiro atoms. The van der Waals surface area contributed by atoms with Gasteiger partial charge < -0.3 is 14.4 Å². The van der Waals surface area contributed by atoms with E-state index in [1.54, 1.807) is 0 Å². The number of aliphatic carboxylic acids is 1. The number of carboxylic acids is 1. The topological polar surface area (TPSA) is 85.5 Å². The van der Waals surface area contributed by atoms with E-state index in [-0.39, 0.29) is 18.9 Å². The molecule has 0 aromatic carbocycles. The second kappa shape index (κ2) is 5.07. The fourth-order valence-corrected chi connectivity index (χ4v) is 1.66. The van der Waals surface area contributed by atoms with Crippen molar-refractivity contribution in [2.75, 3.05) is 6.61 Å². The SMILES string of the molecule is O=C(O)CCc1nc(C2CCCCO2)no1. The molecule has 1 N–H and O–H groups in total. The van der Waals surface area contributed by atoms with Gasteiger partial charge in [-0.25, -0.2) is 0 Å². The lowest BCUT2D eigenvalue weighted by Gasteiger charge is -2.18. The van der Waals surface area contributed by atoms with E-state index in [0.29, 0.717) is 11.7 Å². The van der Waals surface area contributed by atoms with Crippen molar-refractivity contribution < 1.29 is 19.2 Å². The van der Waals surface area contributed by atoms with Crippen LogP contribution < -0.4 is 0 Å². The lowest BCUT2D eigenvalue weighted by atomic mass is 10.1. The Kier molecular flexibility index (Phi) is 3.51. The smallest absolute Gasteiger partial charge is 0.303 e. The summed E-state index contributed by atoms with van der Waals surface area (Å²) in [5.74, 6) is 0.0420. The van der Waals surface area contributed by atoms with Gasteiger partial charge in [-0.2, -0.15) is 4.98 Å². The van der Waals surface area contributed by atoms with Gasteiger partial charge in [0.25, 0.3) is 0 Å². The molecule has 1 atom stereocenters. The van der Waals surface area contributed by atoms with Crippen molar-refractivity contribution in [1.82, 2.24) is 10.1 Å². The van der Waals surface area contributed by atoms with Crippen LogP contribution in [0.3, 0.4) is 0 Å². The summed E-state index contributed by atoms with van der Waals surface area (Å²) in [6.45, 7) is 0.726. The minimum Gasteiger partial charge on any atom is -0.481 e. The molecule has 2 heterocycles. The molecule has 2 rings (SSSR count). The standard InChI is InChI=1S/C10H14N2O4/c13-9(14)5-4-8-11-10(12-16-8)7-3-1-2-6-15-7/h7H,1-6H2,(H,13,14). The van der Waals surface area contributed by atoms with Gasteiger partial charge in [-0.05, 0) is 19.3 Å². The zero-order valence-corrected chi connectivity index (χ0v) is 8.89. The van der Waals surface area contributed by atoms with Crippen molar-refractivity contribution >= 4 is 5.97 Å². The van der Waals surface area contributed by atoms with E-state index < -0.39 is 5.97 Å². The number of aryl methyl sites for hydroxylation is 1. The first-order chi connectivity index (χ1) is 7.75. The molecular weight excluding hydrogens is 212 g/mol. The third kappa shape index (κ3) is 2.79.